The summed E-state index contributed by atoms with van der Waals surface area (Å²) in [6.45, 7) is -2.74. The van der Waals surface area contributed by atoms with Crippen LogP contribution in [0.2, 0.25) is 0 Å². The fourth-order valence-electron chi connectivity index (χ4n) is 3.59. The van der Waals surface area contributed by atoms with E-state index in [-0.39, 0.29) is 18.1 Å². The largest absolute Gasteiger partial charge is 0.386 e. The van der Waals surface area contributed by atoms with E-state index in [0.29, 0.717) is 32.1 Å². The van der Waals surface area contributed by atoms with Crippen molar-refractivity contribution in [3.05, 3.63) is 35.4 Å². The number of ether oxygens (including phenoxy) is 1. The maximum Gasteiger partial charge on any atom is 0.345 e. The highest BCUT2D eigenvalue weighted by molar-refractivity contribution is 5.75. The van der Waals surface area contributed by atoms with Crippen molar-refractivity contribution in [1.82, 2.24) is 10.6 Å². The molecule has 1 aromatic carbocycles. The number of hydrogen-bond acceptors (Lipinski definition) is 3. The SMILES string of the molecule is O=C(NC1CCC(OC(F)F)CC1)N[C@H]1Cc2ccccc2[C@@H]1O. The van der Waals surface area contributed by atoms with E-state index in [4.69, 9.17) is 0 Å². The summed E-state index contributed by atoms with van der Waals surface area (Å²) < 4.78 is 28.9. The van der Waals surface area contributed by atoms with Crippen LogP contribution >= 0.6 is 0 Å². The predicted octanol–water partition coefficient (Wildman–Crippen LogP) is 2.49. The highest BCUT2D eigenvalue weighted by atomic mass is 19.3. The molecule has 0 aromatic heterocycles. The van der Waals surface area contributed by atoms with Gasteiger partial charge in [0.2, 0.25) is 0 Å². The van der Waals surface area contributed by atoms with Gasteiger partial charge < -0.3 is 20.5 Å². The molecule has 0 bridgehead atoms. The highest BCUT2D eigenvalue weighted by Crippen LogP contribution is 2.31. The summed E-state index contributed by atoms with van der Waals surface area (Å²) in [5, 5.41) is 16.0. The number of rotatable bonds is 4. The Labute approximate surface area is 139 Å². The molecule has 0 aliphatic heterocycles. The minimum Gasteiger partial charge on any atom is -0.386 e. The van der Waals surface area contributed by atoms with Crippen LogP contribution in [0.15, 0.2) is 24.3 Å². The summed E-state index contributed by atoms with van der Waals surface area (Å²) in [5.74, 6) is 0. The molecule has 7 heteroatoms. The molecule has 0 spiro atoms. The van der Waals surface area contributed by atoms with Crippen molar-refractivity contribution in [1.29, 1.82) is 0 Å². The minimum atomic E-state index is -2.74. The summed E-state index contributed by atoms with van der Waals surface area (Å²) in [5.41, 5.74) is 1.90. The molecule has 0 radical (unpaired) electrons. The third kappa shape index (κ3) is 4.02. The molecule has 2 amide bonds. The summed E-state index contributed by atoms with van der Waals surface area (Å²) in [6.07, 6.45) is 1.69. The summed E-state index contributed by atoms with van der Waals surface area (Å²) in [6, 6.07) is 6.86. The molecular formula is C17H22F2N2O3. The van der Waals surface area contributed by atoms with Gasteiger partial charge >= 0.3 is 12.6 Å². The lowest BCUT2D eigenvalue weighted by Crippen LogP contribution is -2.48. The van der Waals surface area contributed by atoms with Crippen molar-refractivity contribution < 1.29 is 23.4 Å². The van der Waals surface area contributed by atoms with Crippen molar-refractivity contribution in [2.24, 2.45) is 0 Å². The number of hydrogen-bond donors (Lipinski definition) is 3. The smallest absolute Gasteiger partial charge is 0.345 e. The van der Waals surface area contributed by atoms with Gasteiger partial charge in [-0.05, 0) is 43.2 Å². The summed E-state index contributed by atoms with van der Waals surface area (Å²) in [7, 11) is 0. The molecule has 0 unspecified atom stereocenters. The van der Waals surface area contributed by atoms with Gasteiger partial charge in [-0.1, -0.05) is 24.3 Å². The normalized spacial score (nSPS) is 29.3. The monoisotopic (exact) mass is 340 g/mol. The van der Waals surface area contributed by atoms with Gasteiger partial charge in [0.15, 0.2) is 0 Å². The second kappa shape index (κ2) is 7.44. The zero-order chi connectivity index (χ0) is 17.1. The number of aliphatic hydroxyl groups is 1. The molecule has 2 aliphatic rings. The Morgan fingerprint density at radius 1 is 1.17 bits per heavy atom. The Hall–Kier alpha value is -1.73. The van der Waals surface area contributed by atoms with Crippen molar-refractivity contribution in [3.63, 3.8) is 0 Å². The fourth-order valence-corrected chi connectivity index (χ4v) is 3.59. The van der Waals surface area contributed by atoms with Gasteiger partial charge in [-0.2, -0.15) is 8.78 Å². The van der Waals surface area contributed by atoms with E-state index in [9.17, 15) is 18.7 Å². The van der Waals surface area contributed by atoms with Crippen molar-refractivity contribution in [2.75, 3.05) is 0 Å². The molecule has 132 valence electrons. The molecule has 0 heterocycles. The van der Waals surface area contributed by atoms with E-state index in [1.165, 1.54) is 0 Å². The summed E-state index contributed by atoms with van der Waals surface area (Å²) >= 11 is 0. The Morgan fingerprint density at radius 3 is 2.54 bits per heavy atom. The second-order valence-corrected chi connectivity index (χ2v) is 6.44. The van der Waals surface area contributed by atoms with E-state index in [2.05, 4.69) is 15.4 Å². The van der Waals surface area contributed by atoms with E-state index in [1.54, 1.807) is 0 Å². The van der Waals surface area contributed by atoms with E-state index < -0.39 is 18.8 Å². The lowest BCUT2D eigenvalue weighted by Gasteiger charge is -2.29. The summed E-state index contributed by atoms with van der Waals surface area (Å²) in [4.78, 5) is 12.1. The number of benzene rings is 1. The average molecular weight is 340 g/mol. The lowest BCUT2D eigenvalue weighted by molar-refractivity contribution is -0.170. The Kier molecular flexibility index (Phi) is 5.30. The first-order chi connectivity index (χ1) is 11.5. The van der Waals surface area contributed by atoms with Crippen LogP contribution in [-0.4, -0.2) is 35.9 Å². The van der Waals surface area contributed by atoms with Crippen LogP contribution in [-0.2, 0) is 11.2 Å². The third-order valence-electron chi connectivity index (χ3n) is 4.82. The van der Waals surface area contributed by atoms with E-state index >= 15 is 0 Å². The number of fused-ring (bicyclic) bond motifs is 1. The molecular weight excluding hydrogens is 318 g/mol. The predicted molar refractivity (Wildman–Crippen MR) is 83.7 cm³/mol. The number of aliphatic hydroxyl groups excluding tert-OH is 1. The number of carbonyl (C=O) groups is 1. The average Bonchev–Trinajstić information content (AvgIpc) is 2.85. The van der Waals surface area contributed by atoms with Gasteiger partial charge in [0, 0.05) is 6.04 Å². The van der Waals surface area contributed by atoms with E-state index in [1.807, 2.05) is 24.3 Å². The third-order valence-corrected chi connectivity index (χ3v) is 4.82. The zero-order valence-electron chi connectivity index (χ0n) is 13.3. The molecule has 3 N–H and O–H groups in total. The van der Waals surface area contributed by atoms with Crippen molar-refractivity contribution in [2.45, 2.75) is 63.0 Å². The van der Waals surface area contributed by atoms with Gasteiger partial charge in [-0.15, -0.1) is 0 Å². The number of alkyl halides is 2. The van der Waals surface area contributed by atoms with Crippen LogP contribution in [0.5, 0.6) is 0 Å². The first-order valence-electron chi connectivity index (χ1n) is 8.29. The minimum absolute atomic E-state index is 0.0524. The molecule has 3 rings (SSSR count). The Morgan fingerprint density at radius 2 is 1.88 bits per heavy atom. The van der Waals surface area contributed by atoms with Crippen LogP contribution in [0.1, 0.15) is 42.9 Å². The number of nitrogens with one attached hydrogen (secondary N) is 2. The molecule has 2 atom stereocenters. The van der Waals surface area contributed by atoms with Gasteiger partial charge in [0.1, 0.15) is 0 Å². The van der Waals surface area contributed by atoms with E-state index in [0.717, 1.165) is 11.1 Å². The molecule has 2 aliphatic carbocycles. The van der Waals surface area contributed by atoms with Gasteiger partial charge in [0.25, 0.3) is 0 Å². The first kappa shape index (κ1) is 17.1. The quantitative estimate of drug-likeness (QED) is 0.789. The maximum atomic E-state index is 12.2. The van der Waals surface area contributed by atoms with Crippen LogP contribution in [0.4, 0.5) is 13.6 Å². The maximum absolute atomic E-state index is 12.2. The molecule has 5 nitrogen and oxygen atoms in total. The highest BCUT2D eigenvalue weighted by Gasteiger charge is 2.32. The topological polar surface area (TPSA) is 70.6 Å². The van der Waals surface area contributed by atoms with Crippen LogP contribution < -0.4 is 10.6 Å². The van der Waals surface area contributed by atoms with Gasteiger partial charge in [0.05, 0.1) is 18.2 Å². The molecule has 1 saturated carbocycles. The Bertz CT molecular complexity index is 577. The van der Waals surface area contributed by atoms with Gasteiger partial charge in [-0.3, -0.25) is 0 Å². The van der Waals surface area contributed by atoms with Gasteiger partial charge in [-0.25, -0.2) is 4.79 Å². The first-order valence-corrected chi connectivity index (χ1v) is 8.29. The van der Waals surface area contributed by atoms with Crippen LogP contribution in [0.3, 0.4) is 0 Å². The molecule has 1 fully saturated rings. The number of amides is 2. The number of halogens is 2. The molecule has 1 aromatic rings. The number of carbonyl (C=O) groups excluding carboxylic acids is 1. The standard InChI is InChI=1S/C17H22F2N2O3/c18-16(19)24-12-7-5-11(6-8-12)20-17(23)21-14-9-10-3-1-2-4-13(10)15(14)22/h1-4,11-12,14-16,22H,5-9H2,(H2,20,21,23)/t11?,12?,14-,15-/m0/s1. The Balaban J connectivity index is 1.44. The lowest BCUT2D eigenvalue weighted by atomic mass is 9.93. The second-order valence-electron chi connectivity index (χ2n) is 6.44. The van der Waals surface area contributed by atoms with Crippen LogP contribution in [0, 0.1) is 0 Å². The molecule has 24 heavy (non-hydrogen) atoms. The molecule has 0 saturated heterocycles. The number of urea groups is 1. The fraction of sp³-hybridized carbons (Fsp3) is 0.588. The van der Waals surface area contributed by atoms with Crippen LogP contribution in [0.25, 0.3) is 0 Å². The zero-order valence-corrected chi connectivity index (χ0v) is 13.3. The van der Waals surface area contributed by atoms with Crippen molar-refractivity contribution >= 4 is 6.03 Å². The van der Waals surface area contributed by atoms with Crippen molar-refractivity contribution in [3.8, 4) is 0 Å².